The fourth-order valence-electron chi connectivity index (χ4n) is 4.84. The van der Waals surface area contributed by atoms with Gasteiger partial charge in [-0.25, -0.2) is 9.97 Å². The van der Waals surface area contributed by atoms with Crippen LogP contribution in [0.4, 0.5) is 5.82 Å². The molecule has 4 heterocycles. The second-order valence-electron chi connectivity index (χ2n) is 8.72. The fourth-order valence-corrected chi connectivity index (χ4v) is 4.84. The number of hydrogen-bond donors (Lipinski definition) is 0. The number of nitrogens with zero attached hydrogens (tertiary/aromatic N) is 8. The van der Waals surface area contributed by atoms with E-state index in [9.17, 15) is 0 Å². The lowest BCUT2D eigenvalue weighted by atomic mass is 9.89. The van der Waals surface area contributed by atoms with Crippen LogP contribution in [0.2, 0.25) is 0 Å². The van der Waals surface area contributed by atoms with Crippen molar-refractivity contribution in [2.75, 3.05) is 4.90 Å². The molecule has 1 fully saturated rings. The lowest BCUT2D eigenvalue weighted by Crippen LogP contribution is -2.46. The molecule has 1 atom stereocenters. The molecule has 0 radical (unpaired) electrons. The number of imidazole rings is 1. The zero-order valence-electron chi connectivity index (χ0n) is 18.6. The Morgan fingerprint density at radius 3 is 2.56 bits per heavy atom. The van der Waals surface area contributed by atoms with Gasteiger partial charge < -0.3 is 4.90 Å². The molecule has 2 aliphatic rings. The number of hydrogen-bond acceptors (Lipinski definition) is 6. The summed E-state index contributed by atoms with van der Waals surface area (Å²) < 4.78 is 4.09. The largest absolute Gasteiger partial charge is 0.341 e. The molecule has 0 bridgehead atoms. The number of aromatic nitrogens is 7. The highest BCUT2D eigenvalue weighted by Gasteiger charge is 2.40. The van der Waals surface area contributed by atoms with Crippen molar-refractivity contribution in [3.63, 3.8) is 0 Å². The van der Waals surface area contributed by atoms with Crippen LogP contribution >= 0.6 is 0 Å². The summed E-state index contributed by atoms with van der Waals surface area (Å²) in [6.07, 6.45) is 10.2. The van der Waals surface area contributed by atoms with Crippen molar-refractivity contribution in [3.05, 3.63) is 60.1 Å². The van der Waals surface area contributed by atoms with Gasteiger partial charge >= 0.3 is 0 Å². The SMILES string of the molecule is CC[C@@H]1c2nnc(C)n2-c2cnc(-n3ccnc3-c3ccc(C)cc3)nc2N1C1CCC1. The number of aryl methyl sites for hydroxylation is 2. The van der Waals surface area contributed by atoms with Crippen LogP contribution in [0.15, 0.2) is 42.9 Å². The Hall–Kier alpha value is -3.55. The van der Waals surface area contributed by atoms with Crippen molar-refractivity contribution in [3.8, 4) is 23.0 Å². The van der Waals surface area contributed by atoms with Crippen molar-refractivity contribution < 1.29 is 0 Å². The summed E-state index contributed by atoms with van der Waals surface area (Å²) in [6.45, 7) is 6.29. The van der Waals surface area contributed by atoms with Gasteiger partial charge in [0.15, 0.2) is 11.6 Å². The molecule has 3 aromatic heterocycles. The number of benzene rings is 1. The van der Waals surface area contributed by atoms with Gasteiger partial charge in [0, 0.05) is 24.0 Å². The van der Waals surface area contributed by atoms with Gasteiger partial charge in [-0.15, -0.1) is 10.2 Å². The van der Waals surface area contributed by atoms with E-state index in [0.29, 0.717) is 12.0 Å². The molecule has 6 rings (SSSR count). The summed E-state index contributed by atoms with van der Waals surface area (Å²) in [5.74, 6) is 4.29. The third kappa shape index (κ3) is 2.78. The van der Waals surface area contributed by atoms with Crippen LogP contribution in [-0.4, -0.2) is 40.3 Å². The van der Waals surface area contributed by atoms with Gasteiger partial charge in [-0.05, 0) is 39.5 Å². The van der Waals surface area contributed by atoms with E-state index in [1.54, 1.807) is 6.20 Å². The molecule has 1 aromatic carbocycles. The Balaban J connectivity index is 1.51. The molecule has 0 amide bonds. The summed E-state index contributed by atoms with van der Waals surface area (Å²) in [6, 6.07) is 9.02. The maximum atomic E-state index is 5.12. The Morgan fingerprint density at radius 2 is 1.84 bits per heavy atom. The van der Waals surface area contributed by atoms with Crippen LogP contribution < -0.4 is 4.90 Å². The summed E-state index contributed by atoms with van der Waals surface area (Å²) in [7, 11) is 0. The predicted octanol–water partition coefficient (Wildman–Crippen LogP) is 4.35. The standard InChI is InChI=1S/C24H26N8/c1-4-19-23-29-28-16(3)31(23)20-14-26-24(27-22(20)32(19)18-6-5-7-18)30-13-12-25-21(30)17-10-8-15(2)9-11-17/h8-14,18-19H,4-7H2,1-3H3/t19-/m1/s1. The first-order valence-corrected chi connectivity index (χ1v) is 11.3. The number of rotatable bonds is 4. The smallest absolute Gasteiger partial charge is 0.237 e. The van der Waals surface area contributed by atoms with Crippen molar-refractivity contribution >= 4 is 5.82 Å². The second-order valence-corrected chi connectivity index (χ2v) is 8.72. The van der Waals surface area contributed by atoms with E-state index in [1.165, 1.54) is 24.8 Å². The minimum atomic E-state index is 0.163. The second kappa shape index (κ2) is 7.25. The van der Waals surface area contributed by atoms with Gasteiger partial charge in [-0.2, -0.15) is 4.98 Å². The minimum absolute atomic E-state index is 0.163. The molecule has 0 saturated heterocycles. The van der Waals surface area contributed by atoms with Gasteiger partial charge in [-0.1, -0.05) is 36.8 Å². The first-order valence-electron chi connectivity index (χ1n) is 11.3. The Labute approximate surface area is 187 Å². The fraction of sp³-hybridized carbons (Fsp3) is 0.375. The summed E-state index contributed by atoms with van der Waals surface area (Å²) in [5.41, 5.74) is 3.22. The molecule has 1 saturated carbocycles. The summed E-state index contributed by atoms with van der Waals surface area (Å²) >= 11 is 0. The minimum Gasteiger partial charge on any atom is -0.341 e. The van der Waals surface area contributed by atoms with E-state index in [0.717, 1.165) is 41.0 Å². The number of fused-ring (bicyclic) bond motifs is 3. The molecule has 8 heteroatoms. The molecule has 4 aromatic rings. The quantitative estimate of drug-likeness (QED) is 0.483. The van der Waals surface area contributed by atoms with Crippen molar-refractivity contribution in [2.24, 2.45) is 0 Å². The lowest BCUT2D eigenvalue weighted by molar-refractivity contribution is 0.341. The zero-order valence-corrected chi connectivity index (χ0v) is 18.6. The van der Waals surface area contributed by atoms with Crippen LogP contribution in [0.3, 0.4) is 0 Å². The van der Waals surface area contributed by atoms with Gasteiger partial charge in [0.05, 0.1) is 12.2 Å². The van der Waals surface area contributed by atoms with E-state index in [4.69, 9.17) is 9.97 Å². The third-order valence-electron chi connectivity index (χ3n) is 6.73. The van der Waals surface area contributed by atoms with Crippen LogP contribution in [0.1, 0.15) is 55.9 Å². The molecule has 1 aliphatic heterocycles. The van der Waals surface area contributed by atoms with Crippen LogP contribution in [0.25, 0.3) is 23.0 Å². The number of anilines is 1. The van der Waals surface area contributed by atoms with Crippen molar-refractivity contribution in [1.82, 2.24) is 34.3 Å². The zero-order chi connectivity index (χ0) is 21.8. The van der Waals surface area contributed by atoms with E-state index < -0.39 is 0 Å². The van der Waals surface area contributed by atoms with Crippen LogP contribution in [0, 0.1) is 13.8 Å². The third-order valence-corrected chi connectivity index (χ3v) is 6.73. The maximum absolute atomic E-state index is 5.12. The van der Waals surface area contributed by atoms with Gasteiger partial charge in [0.25, 0.3) is 0 Å². The average molecular weight is 427 g/mol. The molecule has 32 heavy (non-hydrogen) atoms. The van der Waals surface area contributed by atoms with E-state index >= 15 is 0 Å². The molecular formula is C24H26N8. The summed E-state index contributed by atoms with van der Waals surface area (Å²) in [4.78, 5) is 16.9. The normalized spacial score (nSPS) is 17.7. The van der Waals surface area contributed by atoms with E-state index in [2.05, 4.69) is 62.8 Å². The monoisotopic (exact) mass is 426 g/mol. The topological polar surface area (TPSA) is 77.5 Å². The van der Waals surface area contributed by atoms with Crippen molar-refractivity contribution in [2.45, 2.75) is 58.5 Å². The Kier molecular flexibility index (Phi) is 4.34. The molecular weight excluding hydrogens is 400 g/mol. The molecule has 162 valence electrons. The van der Waals surface area contributed by atoms with Crippen molar-refractivity contribution in [1.29, 1.82) is 0 Å². The van der Waals surface area contributed by atoms with Gasteiger partial charge in [0.2, 0.25) is 5.95 Å². The van der Waals surface area contributed by atoms with Crippen LogP contribution in [0.5, 0.6) is 0 Å². The highest BCUT2D eigenvalue weighted by atomic mass is 15.4. The van der Waals surface area contributed by atoms with E-state index in [-0.39, 0.29) is 6.04 Å². The Morgan fingerprint density at radius 1 is 1.03 bits per heavy atom. The lowest BCUT2D eigenvalue weighted by Gasteiger charge is -2.45. The molecule has 0 N–H and O–H groups in total. The van der Waals surface area contributed by atoms with Gasteiger partial charge in [-0.3, -0.25) is 9.13 Å². The van der Waals surface area contributed by atoms with Gasteiger partial charge in [0.1, 0.15) is 17.3 Å². The molecule has 1 aliphatic carbocycles. The highest BCUT2D eigenvalue weighted by molar-refractivity contribution is 5.64. The maximum Gasteiger partial charge on any atom is 0.237 e. The first-order chi connectivity index (χ1) is 15.7. The predicted molar refractivity (Wildman–Crippen MR) is 122 cm³/mol. The molecule has 8 nitrogen and oxygen atoms in total. The average Bonchev–Trinajstić information content (AvgIpc) is 3.40. The highest BCUT2D eigenvalue weighted by Crippen LogP contribution is 2.44. The first kappa shape index (κ1) is 19.2. The summed E-state index contributed by atoms with van der Waals surface area (Å²) in [5, 5.41) is 8.91. The molecule has 0 spiro atoms. The molecule has 0 unspecified atom stereocenters. The van der Waals surface area contributed by atoms with Crippen LogP contribution in [-0.2, 0) is 0 Å². The van der Waals surface area contributed by atoms with E-state index in [1.807, 2.05) is 23.9 Å². The Bertz CT molecular complexity index is 1280.